The lowest BCUT2D eigenvalue weighted by molar-refractivity contribution is -0.390. The Balaban J connectivity index is 1.43. The van der Waals surface area contributed by atoms with E-state index in [9.17, 15) is 91.6 Å². The molecule has 0 spiro atoms. The third kappa shape index (κ3) is 9.99. The van der Waals surface area contributed by atoms with Gasteiger partial charge >= 0.3 is 0 Å². The van der Waals surface area contributed by atoms with Gasteiger partial charge in [0.15, 0.2) is 31.4 Å². The number of ether oxygens (including phenoxy) is 8. The van der Waals surface area contributed by atoms with E-state index >= 15 is 0 Å². The molecule has 0 radical (unpaired) electrons. The summed E-state index contributed by atoms with van der Waals surface area (Å²) in [5.41, 5.74) is 0. The molecule has 4 rings (SSSR count). The molecule has 4 saturated heterocycles. The summed E-state index contributed by atoms with van der Waals surface area (Å²) in [6, 6.07) is 0. The number of aldehydes is 1. The Bertz CT molecular complexity index is 1180. The van der Waals surface area contributed by atoms with Gasteiger partial charge in [-0.25, -0.2) is 0 Å². The van der Waals surface area contributed by atoms with Crippen LogP contribution in [-0.4, -0.2) is 273 Å². The molecule has 4 aliphatic heterocycles. The van der Waals surface area contributed by atoms with Gasteiger partial charge in [0.1, 0.15) is 122 Å². The zero-order valence-corrected chi connectivity index (χ0v) is 29.2. The molecule has 24 atom stereocenters. The summed E-state index contributed by atoms with van der Waals surface area (Å²) in [4.78, 5) is 11.0. The molecule has 0 saturated carbocycles. The fourth-order valence-corrected chi connectivity index (χ4v) is 6.58. The van der Waals surface area contributed by atoms with Gasteiger partial charge in [0.05, 0.1) is 33.0 Å². The third-order valence-electron chi connectivity index (χ3n) is 9.87. The standard InChI is InChI=1S/C30H52O26/c31-1-7(37)13(39)23(8(38)2-32)53-28-20(46)16(42)25(10(4-34)50-28)55-30-22(48)18(44)26(12(6-36)52-30)56-29-21(47)17(43)24(11(5-35)51-29)54-27-19(45)15(41)14(40)9(3-33)49-27/h1,7-30,32-48H,2-6H2/t7-,8+,9+,10+,11+,12+,13+,14+,15-,16+,17+,18+,19+,20+,21+,22+,23+,24+,25+,26-,27+,28+,29+,30+/m0/s1. The topological polar surface area (TPSA) is 435 Å². The third-order valence-corrected chi connectivity index (χ3v) is 9.87. The molecule has 0 amide bonds. The first-order chi connectivity index (χ1) is 26.5. The molecule has 4 heterocycles. The lowest BCUT2D eigenvalue weighted by Gasteiger charge is -2.49. The molecule has 328 valence electrons. The molecular weight excluding hydrogens is 776 g/mol. The van der Waals surface area contributed by atoms with Crippen molar-refractivity contribution in [1.29, 1.82) is 0 Å². The minimum absolute atomic E-state index is 0.112. The van der Waals surface area contributed by atoms with Crippen molar-refractivity contribution < 1.29 is 130 Å². The maximum Gasteiger partial charge on any atom is 0.187 e. The molecule has 0 unspecified atom stereocenters. The van der Waals surface area contributed by atoms with E-state index in [2.05, 4.69) is 0 Å². The highest BCUT2D eigenvalue weighted by Crippen LogP contribution is 2.34. The quantitative estimate of drug-likeness (QED) is 0.0605. The van der Waals surface area contributed by atoms with Crippen molar-refractivity contribution >= 4 is 6.29 Å². The number of hydrogen-bond donors (Lipinski definition) is 17. The summed E-state index contributed by atoms with van der Waals surface area (Å²) in [6.07, 6.45) is -46.1. The second-order valence-electron chi connectivity index (χ2n) is 13.6. The van der Waals surface area contributed by atoms with Crippen molar-refractivity contribution in [3.8, 4) is 0 Å². The normalized spacial score (nSPS) is 47.2. The number of carbonyl (C=O) groups excluding carboxylic acids is 1. The smallest absolute Gasteiger partial charge is 0.187 e. The van der Waals surface area contributed by atoms with E-state index in [1.165, 1.54) is 0 Å². The number of carbonyl (C=O) groups is 1. The van der Waals surface area contributed by atoms with Crippen LogP contribution in [0.25, 0.3) is 0 Å². The second kappa shape index (κ2) is 20.8. The fourth-order valence-electron chi connectivity index (χ4n) is 6.58. The van der Waals surface area contributed by atoms with Gasteiger partial charge in [-0.2, -0.15) is 0 Å². The van der Waals surface area contributed by atoms with Gasteiger partial charge in [0.25, 0.3) is 0 Å². The predicted octanol–water partition coefficient (Wildman–Crippen LogP) is -12.1. The summed E-state index contributed by atoms with van der Waals surface area (Å²) < 4.78 is 43.6. The zero-order valence-electron chi connectivity index (χ0n) is 29.2. The second-order valence-corrected chi connectivity index (χ2v) is 13.6. The Hall–Kier alpha value is -1.33. The summed E-state index contributed by atoms with van der Waals surface area (Å²) in [7, 11) is 0. The van der Waals surface area contributed by atoms with Gasteiger partial charge in [0.2, 0.25) is 0 Å². The summed E-state index contributed by atoms with van der Waals surface area (Å²) in [5, 5.41) is 175. The van der Waals surface area contributed by atoms with Crippen molar-refractivity contribution in [3.05, 3.63) is 0 Å². The molecule has 0 aromatic rings. The van der Waals surface area contributed by atoms with E-state index in [0.717, 1.165) is 0 Å². The Kier molecular flexibility index (Phi) is 17.6. The molecule has 17 N–H and O–H groups in total. The largest absolute Gasteiger partial charge is 0.394 e. The van der Waals surface area contributed by atoms with Crippen LogP contribution in [0.1, 0.15) is 0 Å². The molecule has 4 fully saturated rings. The van der Waals surface area contributed by atoms with E-state index in [1.807, 2.05) is 0 Å². The van der Waals surface area contributed by atoms with Crippen LogP contribution in [0.15, 0.2) is 0 Å². The Morgan fingerprint density at radius 2 is 0.804 bits per heavy atom. The Morgan fingerprint density at radius 3 is 1.16 bits per heavy atom. The highest BCUT2D eigenvalue weighted by atomic mass is 16.8. The van der Waals surface area contributed by atoms with Crippen molar-refractivity contribution in [1.82, 2.24) is 0 Å². The van der Waals surface area contributed by atoms with Crippen LogP contribution in [0.2, 0.25) is 0 Å². The first kappa shape index (κ1) is 47.3. The van der Waals surface area contributed by atoms with Crippen LogP contribution >= 0.6 is 0 Å². The van der Waals surface area contributed by atoms with E-state index in [4.69, 9.17) is 37.9 Å². The molecule has 56 heavy (non-hydrogen) atoms. The minimum atomic E-state index is -2.17. The number of aliphatic hydroxyl groups is 17. The summed E-state index contributed by atoms with van der Waals surface area (Å²) in [6.45, 7) is -4.84. The molecule has 4 aliphatic rings. The van der Waals surface area contributed by atoms with Gasteiger partial charge in [-0.15, -0.1) is 0 Å². The van der Waals surface area contributed by atoms with Crippen LogP contribution in [0, 0.1) is 0 Å². The predicted molar refractivity (Wildman–Crippen MR) is 168 cm³/mol. The van der Waals surface area contributed by atoms with Gasteiger partial charge in [-0.05, 0) is 0 Å². The van der Waals surface area contributed by atoms with Gasteiger partial charge in [-0.3, -0.25) is 0 Å². The molecule has 26 nitrogen and oxygen atoms in total. The highest BCUT2D eigenvalue weighted by molar-refractivity contribution is 5.56. The lowest BCUT2D eigenvalue weighted by atomic mass is 9.95. The van der Waals surface area contributed by atoms with E-state index in [-0.39, 0.29) is 6.29 Å². The average molecular weight is 829 g/mol. The van der Waals surface area contributed by atoms with Crippen molar-refractivity contribution in [2.24, 2.45) is 0 Å². The van der Waals surface area contributed by atoms with Gasteiger partial charge < -0.3 is 130 Å². The molecule has 0 bridgehead atoms. The van der Waals surface area contributed by atoms with E-state index < -0.39 is 180 Å². The molecular formula is C30H52O26. The molecule has 0 aromatic heterocycles. The van der Waals surface area contributed by atoms with Crippen LogP contribution in [0.4, 0.5) is 0 Å². The maximum atomic E-state index is 11.1. The number of aliphatic hydroxyl groups excluding tert-OH is 17. The molecule has 0 aliphatic carbocycles. The first-order valence-corrected chi connectivity index (χ1v) is 17.4. The summed E-state index contributed by atoms with van der Waals surface area (Å²) in [5.74, 6) is 0. The van der Waals surface area contributed by atoms with Crippen molar-refractivity contribution in [2.45, 2.75) is 147 Å². The van der Waals surface area contributed by atoms with Crippen LogP contribution < -0.4 is 0 Å². The molecule has 0 aromatic carbocycles. The molecule has 26 heteroatoms. The SMILES string of the molecule is O=C[C@H](O)[C@@H](O)[C@H](O[C@H]1O[C@H](CO)[C@@H](O[C@H]2O[C@H](CO)[C@H](O[C@H]3O[C@H](CO)[C@@H](O[C@H]4O[C@H](CO)[C@@H](O)[C@H](O)[C@H]4O)[C@H](O)[C@H]3O)[C@H](O)[C@H]2O)[C@H](O)[C@H]1O)[C@H](O)CO. The maximum absolute atomic E-state index is 11.1. The van der Waals surface area contributed by atoms with Crippen LogP contribution in [0.5, 0.6) is 0 Å². The average Bonchev–Trinajstić information content (AvgIpc) is 3.20. The van der Waals surface area contributed by atoms with Crippen LogP contribution in [0.3, 0.4) is 0 Å². The lowest BCUT2D eigenvalue weighted by Crippen LogP contribution is -2.67. The van der Waals surface area contributed by atoms with Crippen molar-refractivity contribution in [3.63, 3.8) is 0 Å². The highest BCUT2D eigenvalue weighted by Gasteiger charge is 2.55. The van der Waals surface area contributed by atoms with Gasteiger partial charge in [-0.1, -0.05) is 0 Å². The minimum Gasteiger partial charge on any atom is -0.394 e. The van der Waals surface area contributed by atoms with Crippen LogP contribution in [-0.2, 0) is 42.7 Å². The fraction of sp³-hybridized carbons (Fsp3) is 0.967. The van der Waals surface area contributed by atoms with E-state index in [1.54, 1.807) is 0 Å². The number of rotatable bonds is 17. The van der Waals surface area contributed by atoms with E-state index in [0.29, 0.717) is 0 Å². The first-order valence-electron chi connectivity index (χ1n) is 17.4. The van der Waals surface area contributed by atoms with Gasteiger partial charge in [0, 0.05) is 0 Å². The summed E-state index contributed by atoms with van der Waals surface area (Å²) >= 11 is 0. The monoisotopic (exact) mass is 828 g/mol. The Morgan fingerprint density at radius 1 is 0.464 bits per heavy atom. The van der Waals surface area contributed by atoms with Crippen molar-refractivity contribution in [2.75, 3.05) is 33.0 Å². The zero-order chi connectivity index (χ0) is 41.8. The number of hydrogen-bond acceptors (Lipinski definition) is 26. The Labute approximate surface area is 316 Å².